The van der Waals surface area contributed by atoms with Crippen LogP contribution in [-0.2, 0) is 10.2 Å². The van der Waals surface area contributed by atoms with Gasteiger partial charge in [0.25, 0.3) is 0 Å². The van der Waals surface area contributed by atoms with E-state index in [0.29, 0.717) is 11.8 Å². The number of esters is 1. The minimum absolute atomic E-state index is 0.194. The van der Waals surface area contributed by atoms with Gasteiger partial charge in [-0.3, -0.25) is 4.79 Å². The molecule has 0 radical (unpaired) electrons. The highest BCUT2D eigenvalue weighted by molar-refractivity contribution is 5.69. The Labute approximate surface area is 121 Å². The average molecular weight is 275 g/mol. The van der Waals surface area contributed by atoms with E-state index in [1.165, 1.54) is 31.7 Å². The van der Waals surface area contributed by atoms with Crippen molar-refractivity contribution in [2.75, 3.05) is 13.6 Å². The van der Waals surface area contributed by atoms with Gasteiger partial charge in [0.1, 0.15) is 5.75 Å². The van der Waals surface area contributed by atoms with Crippen LogP contribution in [0.1, 0.15) is 45.6 Å². The van der Waals surface area contributed by atoms with E-state index in [9.17, 15) is 4.79 Å². The molecule has 0 aromatic heterocycles. The van der Waals surface area contributed by atoms with Gasteiger partial charge in [0.15, 0.2) is 0 Å². The van der Waals surface area contributed by atoms with E-state index in [4.69, 9.17) is 4.74 Å². The fourth-order valence-electron chi connectivity index (χ4n) is 3.49. The molecule has 0 N–H and O–H groups in total. The molecule has 1 aromatic rings. The van der Waals surface area contributed by atoms with E-state index in [0.717, 1.165) is 6.54 Å². The lowest BCUT2D eigenvalue weighted by Crippen LogP contribution is -2.29. The van der Waals surface area contributed by atoms with Gasteiger partial charge in [-0.25, -0.2) is 0 Å². The molecule has 1 aromatic carbocycles. The van der Waals surface area contributed by atoms with E-state index < -0.39 is 0 Å². The summed E-state index contributed by atoms with van der Waals surface area (Å²) in [5, 5.41) is 0. The predicted molar refractivity (Wildman–Crippen MR) is 81.0 cm³/mol. The Morgan fingerprint density at radius 3 is 2.80 bits per heavy atom. The summed E-state index contributed by atoms with van der Waals surface area (Å²) in [4.78, 5) is 13.5. The Bertz CT molecular complexity index is 474. The highest BCUT2D eigenvalue weighted by Crippen LogP contribution is 2.41. The fraction of sp³-hybridized carbons (Fsp3) is 0.588. The first-order chi connectivity index (χ1) is 9.47. The molecular formula is C17H25NO2. The summed E-state index contributed by atoms with van der Waals surface area (Å²) in [6.45, 7) is 7.04. The second-order valence-electron chi connectivity index (χ2n) is 6.12. The third-order valence-corrected chi connectivity index (χ3v) is 4.43. The number of hydrogen-bond acceptors (Lipinski definition) is 3. The van der Waals surface area contributed by atoms with Crippen molar-refractivity contribution >= 4 is 5.97 Å². The highest BCUT2D eigenvalue weighted by Gasteiger charge is 2.41. The number of nitrogens with zero attached hydrogens (tertiary/aromatic N) is 1. The summed E-state index contributed by atoms with van der Waals surface area (Å²) >= 11 is 0. The minimum atomic E-state index is -0.261. The predicted octanol–water partition coefficient (Wildman–Crippen LogP) is 3.37. The quantitative estimate of drug-likeness (QED) is 0.623. The standard InChI is InChI=1S/C17H25NO2/c1-5-9-17(11-13(2)18(4)12-17)15-7-6-8-16(10-15)20-14(3)19/h6-8,10,13H,5,9,11-12H2,1-4H3. The van der Waals surface area contributed by atoms with Gasteiger partial charge in [0.05, 0.1) is 0 Å². The van der Waals surface area contributed by atoms with Crippen LogP contribution in [0.5, 0.6) is 5.75 Å². The second kappa shape index (κ2) is 5.96. The molecule has 2 rings (SSSR count). The molecule has 3 nitrogen and oxygen atoms in total. The summed E-state index contributed by atoms with van der Waals surface area (Å²) < 4.78 is 5.24. The largest absolute Gasteiger partial charge is 0.427 e. The van der Waals surface area contributed by atoms with Gasteiger partial charge in [0.2, 0.25) is 0 Å². The number of rotatable bonds is 4. The third kappa shape index (κ3) is 3.04. The Balaban J connectivity index is 2.33. The number of carbonyl (C=O) groups excluding carboxylic acids is 1. The molecule has 2 unspecified atom stereocenters. The number of ether oxygens (including phenoxy) is 1. The van der Waals surface area contributed by atoms with Gasteiger partial charge in [0, 0.05) is 24.9 Å². The van der Waals surface area contributed by atoms with Crippen molar-refractivity contribution in [2.24, 2.45) is 0 Å². The van der Waals surface area contributed by atoms with Crippen molar-refractivity contribution < 1.29 is 9.53 Å². The van der Waals surface area contributed by atoms with Gasteiger partial charge < -0.3 is 9.64 Å². The van der Waals surface area contributed by atoms with E-state index in [-0.39, 0.29) is 11.4 Å². The Morgan fingerprint density at radius 2 is 2.25 bits per heavy atom. The molecule has 1 aliphatic heterocycles. The molecule has 1 fully saturated rings. The first kappa shape index (κ1) is 15.0. The zero-order chi connectivity index (χ0) is 14.8. The van der Waals surface area contributed by atoms with Crippen molar-refractivity contribution in [3.05, 3.63) is 29.8 Å². The average Bonchev–Trinajstić information content (AvgIpc) is 2.66. The van der Waals surface area contributed by atoms with E-state index in [2.05, 4.69) is 31.9 Å². The normalized spacial score (nSPS) is 26.7. The number of carbonyl (C=O) groups is 1. The fourth-order valence-corrected chi connectivity index (χ4v) is 3.49. The zero-order valence-corrected chi connectivity index (χ0v) is 13.0. The molecule has 0 amide bonds. The summed E-state index contributed by atoms with van der Waals surface area (Å²) in [5.74, 6) is 0.399. The van der Waals surface area contributed by atoms with Crippen molar-refractivity contribution in [2.45, 2.75) is 51.5 Å². The van der Waals surface area contributed by atoms with Crippen LogP contribution in [0, 0.1) is 0 Å². The molecule has 20 heavy (non-hydrogen) atoms. The van der Waals surface area contributed by atoms with Crippen LogP contribution in [0.3, 0.4) is 0 Å². The second-order valence-corrected chi connectivity index (χ2v) is 6.12. The first-order valence-electron chi connectivity index (χ1n) is 7.46. The van der Waals surface area contributed by atoms with Crippen molar-refractivity contribution in [3.8, 4) is 5.75 Å². The maximum atomic E-state index is 11.1. The molecular weight excluding hydrogens is 250 g/mol. The van der Waals surface area contributed by atoms with E-state index in [1.807, 2.05) is 18.2 Å². The number of likely N-dealkylation sites (tertiary alicyclic amines) is 1. The van der Waals surface area contributed by atoms with Gasteiger partial charge in [-0.1, -0.05) is 25.5 Å². The summed E-state index contributed by atoms with van der Waals surface area (Å²) in [7, 11) is 2.19. The molecule has 3 heteroatoms. The van der Waals surface area contributed by atoms with Crippen LogP contribution in [0.25, 0.3) is 0 Å². The lowest BCUT2D eigenvalue weighted by Gasteiger charge is -2.29. The van der Waals surface area contributed by atoms with Gasteiger partial charge >= 0.3 is 5.97 Å². The monoisotopic (exact) mass is 275 g/mol. The van der Waals surface area contributed by atoms with Crippen LogP contribution >= 0.6 is 0 Å². The summed E-state index contributed by atoms with van der Waals surface area (Å²) in [5.41, 5.74) is 1.49. The SMILES string of the molecule is CCCC1(c2cccc(OC(C)=O)c2)CC(C)N(C)C1. The van der Waals surface area contributed by atoms with Crippen molar-refractivity contribution in [3.63, 3.8) is 0 Å². The Hall–Kier alpha value is -1.35. The smallest absolute Gasteiger partial charge is 0.308 e. The summed E-state index contributed by atoms with van der Waals surface area (Å²) in [6.07, 6.45) is 3.50. The molecule has 0 bridgehead atoms. The van der Waals surface area contributed by atoms with Crippen LogP contribution in [0.2, 0.25) is 0 Å². The van der Waals surface area contributed by atoms with Gasteiger partial charge in [-0.05, 0) is 44.5 Å². The first-order valence-corrected chi connectivity index (χ1v) is 7.46. The molecule has 0 spiro atoms. The molecule has 2 atom stereocenters. The minimum Gasteiger partial charge on any atom is -0.427 e. The van der Waals surface area contributed by atoms with Crippen LogP contribution in [0.4, 0.5) is 0 Å². The maximum absolute atomic E-state index is 11.1. The molecule has 1 aliphatic rings. The maximum Gasteiger partial charge on any atom is 0.308 e. The van der Waals surface area contributed by atoms with E-state index >= 15 is 0 Å². The molecule has 1 heterocycles. The Kier molecular flexibility index (Phi) is 4.48. The van der Waals surface area contributed by atoms with Crippen LogP contribution in [-0.4, -0.2) is 30.5 Å². The lowest BCUT2D eigenvalue weighted by atomic mass is 9.75. The lowest BCUT2D eigenvalue weighted by molar-refractivity contribution is -0.131. The van der Waals surface area contributed by atoms with Crippen molar-refractivity contribution in [1.29, 1.82) is 0 Å². The summed E-state index contributed by atoms with van der Waals surface area (Å²) in [6, 6.07) is 8.66. The third-order valence-electron chi connectivity index (χ3n) is 4.43. The zero-order valence-electron chi connectivity index (χ0n) is 13.0. The van der Waals surface area contributed by atoms with Crippen molar-refractivity contribution in [1.82, 2.24) is 4.90 Å². The van der Waals surface area contributed by atoms with Gasteiger partial charge in [-0.2, -0.15) is 0 Å². The van der Waals surface area contributed by atoms with E-state index in [1.54, 1.807) is 0 Å². The van der Waals surface area contributed by atoms with Crippen LogP contribution in [0.15, 0.2) is 24.3 Å². The number of benzene rings is 1. The molecule has 0 aliphatic carbocycles. The molecule has 1 saturated heterocycles. The van der Waals surface area contributed by atoms with Crippen LogP contribution < -0.4 is 4.74 Å². The van der Waals surface area contributed by atoms with Gasteiger partial charge in [-0.15, -0.1) is 0 Å². The molecule has 0 saturated carbocycles. The Morgan fingerprint density at radius 1 is 1.50 bits per heavy atom. The highest BCUT2D eigenvalue weighted by atomic mass is 16.5. The number of hydrogen-bond donors (Lipinski definition) is 0. The number of likely N-dealkylation sites (N-methyl/N-ethyl adjacent to an activating group) is 1. The molecule has 110 valence electrons. The topological polar surface area (TPSA) is 29.5 Å².